The number of carbonyl (C=O) groups is 1. The second kappa shape index (κ2) is 8.09. The van der Waals surface area contributed by atoms with Crippen LogP contribution >= 0.6 is 0 Å². The minimum absolute atomic E-state index is 0.196. The fourth-order valence-corrected chi connectivity index (χ4v) is 2.72. The van der Waals surface area contributed by atoms with Gasteiger partial charge >= 0.3 is 0 Å². The van der Waals surface area contributed by atoms with E-state index in [1.165, 1.54) is 17.2 Å². The summed E-state index contributed by atoms with van der Waals surface area (Å²) in [4.78, 5) is 10.3. The van der Waals surface area contributed by atoms with E-state index in [2.05, 4.69) is 32.9 Å². The monoisotopic (exact) mass is 300 g/mol. The molecule has 0 heterocycles. The van der Waals surface area contributed by atoms with Crippen molar-refractivity contribution in [2.24, 2.45) is 5.41 Å². The molecule has 1 unspecified atom stereocenters. The van der Waals surface area contributed by atoms with Crippen LogP contribution in [0, 0.1) is 5.41 Å². The molecule has 0 aromatic heterocycles. The molecule has 1 aliphatic carbocycles. The molecule has 0 saturated carbocycles. The van der Waals surface area contributed by atoms with Gasteiger partial charge in [-0.3, -0.25) is 4.79 Å². The van der Waals surface area contributed by atoms with Crippen molar-refractivity contribution < 1.29 is 9.90 Å². The molecule has 1 aliphatic rings. The summed E-state index contributed by atoms with van der Waals surface area (Å²) < 4.78 is 0. The van der Waals surface area contributed by atoms with E-state index in [1.807, 2.05) is 32.1 Å². The number of hydrogen-bond donors (Lipinski definition) is 1. The smallest absolute Gasteiger partial charge is 0.143 e. The van der Waals surface area contributed by atoms with Gasteiger partial charge in [0.25, 0.3) is 0 Å². The number of rotatable bonds is 5. The molecule has 0 aromatic rings. The predicted octanol–water partition coefficient (Wildman–Crippen LogP) is 4.69. The molecule has 1 rings (SSSR count). The molecule has 22 heavy (non-hydrogen) atoms. The molecular formula is C20H28O2. The number of aliphatic hydroxyl groups excluding tert-OH is 1. The van der Waals surface area contributed by atoms with Crippen LogP contribution in [0.15, 0.2) is 58.7 Å². The van der Waals surface area contributed by atoms with E-state index in [0.717, 1.165) is 30.3 Å². The lowest BCUT2D eigenvalue weighted by Crippen LogP contribution is -2.34. The van der Waals surface area contributed by atoms with Gasteiger partial charge in [-0.25, -0.2) is 0 Å². The molecule has 0 saturated heterocycles. The van der Waals surface area contributed by atoms with Gasteiger partial charge in [0.2, 0.25) is 0 Å². The molecule has 0 bridgehead atoms. The van der Waals surface area contributed by atoms with E-state index in [-0.39, 0.29) is 11.5 Å². The Morgan fingerprint density at radius 1 is 1.18 bits per heavy atom. The quantitative estimate of drug-likeness (QED) is 0.454. The third kappa shape index (κ3) is 4.96. The Morgan fingerprint density at radius 3 is 2.45 bits per heavy atom. The van der Waals surface area contributed by atoms with Crippen LogP contribution in [0.3, 0.4) is 0 Å². The van der Waals surface area contributed by atoms with Gasteiger partial charge in [0.05, 0.1) is 6.10 Å². The standard InChI is InChI=1S/C20H28O2/c1-15(7-6-8-16(2)13-14-21)9-11-18-17(3)10-12-19(22)20(18,4)5/h6-9,11,13-14,19,22H,10,12H2,1-5H3/b8-6+,11-9+,15-7-,16-13+. The van der Waals surface area contributed by atoms with Crippen LogP contribution in [-0.2, 0) is 4.79 Å². The Kier molecular flexibility index (Phi) is 6.76. The van der Waals surface area contributed by atoms with Crippen molar-refractivity contribution in [1.29, 1.82) is 0 Å². The Bertz CT molecular complexity index is 554. The highest BCUT2D eigenvalue weighted by Crippen LogP contribution is 2.41. The fraction of sp³-hybridized carbons (Fsp3) is 0.450. The second-order valence-corrected chi connectivity index (χ2v) is 6.62. The maximum Gasteiger partial charge on any atom is 0.143 e. The van der Waals surface area contributed by atoms with Gasteiger partial charge in [0, 0.05) is 5.41 Å². The highest BCUT2D eigenvalue weighted by Gasteiger charge is 2.34. The average Bonchev–Trinajstić information content (AvgIpc) is 2.43. The molecule has 2 nitrogen and oxygen atoms in total. The summed E-state index contributed by atoms with van der Waals surface area (Å²) >= 11 is 0. The van der Waals surface area contributed by atoms with Gasteiger partial charge in [0.15, 0.2) is 0 Å². The van der Waals surface area contributed by atoms with Gasteiger partial charge in [-0.05, 0) is 50.8 Å². The summed E-state index contributed by atoms with van der Waals surface area (Å²) in [6.07, 6.45) is 13.9. The predicted molar refractivity (Wildman–Crippen MR) is 93.6 cm³/mol. The molecule has 2 heteroatoms. The highest BCUT2D eigenvalue weighted by molar-refractivity contribution is 5.66. The van der Waals surface area contributed by atoms with Crippen molar-refractivity contribution in [3.63, 3.8) is 0 Å². The second-order valence-electron chi connectivity index (χ2n) is 6.62. The van der Waals surface area contributed by atoms with E-state index < -0.39 is 0 Å². The van der Waals surface area contributed by atoms with E-state index in [0.29, 0.717) is 0 Å². The lowest BCUT2D eigenvalue weighted by Gasteiger charge is -2.37. The van der Waals surface area contributed by atoms with Crippen LogP contribution in [0.2, 0.25) is 0 Å². The van der Waals surface area contributed by atoms with Crippen molar-refractivity contribution in [1.82, 2.24) is 0 Å². The maximum atomic E-state index is 10.3. The minimum atomic E-state index is -0.281. The third-order valence-electron chi connectivity index (χ3n) is 4.34. The zero-order valence-corrected chi connectivity index (χ0v) is 14.4. The topological polar surface area (TPSA) is 37.3 Å². The van der Waals surface area contributed by atoms with E-state index in [1.54, 1.807) is 0 Å². The van der Waals surface area contributed by atoms with Gasteiger partial charge in [0.1, 0.15) is 6.29 Å². The normalized spacial score (nSPS) is 23.6. The largest absolute Gasteiger partial charge is 0.392 e. The van der Waals surface area contributed by atoms with E-state index in [4.69, 9.17) is 0 Å². The van der Waals surface area contributed by atoms with Crippen LogP contribution in [0.1, 0.15) is 47.5 Å². The van der Waals surface area contributed by atoms with E-state index >= 15 is 0 Å². The van der Waals surface area contributed by atoms with Gasteiger partial charge in [-0.15, -0.1) is 0 Å². The van der Waals surface area contributed by atoms with Gasteiger partial charge in [-0.2, -0.15) is 0 Å². The molecule has 0 fully saturated rings. The zero-order chi connectivity index (χ0) is 16.8. The first-order valence-electron chi connectivity index (χ1n) is 7.82. The molecule has 1 N–H and O–H groups in total. The van der Waals surface area contributed by atoms with Crippen LogP contribution in [0.5, 0.6) is 0 Å². The van der Waals surface area contributed by atoms with Crippen molar-refractivity contribution >= 4 is 6.29 Å². The Morgan fingerprint density at radius 2 is 1.82 bits per heavy atom. The van der Waals surface area contributed by atoms with Crippen LogP contribution < -0.4 is 0 Å². The van der Waals surface area contributed by atoms with Crippen LogP contribution in [0.25, 0.3) is 0 Å². The van der Waals surface area contributed by atoms with Crippen molar-refractivity contribution in [3.8, 4) is 0 Å². The minimum Gasteiger partial charge on any atom is -0.392 e. The van der Waals surface area contributed by atoms with E-state index in [9.17, 15) is 9.90 Å². The first kappa shape index (κ1) is 18.4. The average molecular weight is 300 g/mol. The summed E-state index contributed by atoms with van der Waals surface area (Å²) in [7, 11) is 0. The molecule has 120 valence electrons. The SMILES string of the molecule is CC1=C(/C=C/C(C)=C\C=C\C(C)=C\C=O)C(C)(C)C(O)CC1. The first-order valence-corrected chi connectivity index (χ1v) is 7.82. The molecule has 0 aliphatic heterocycles. The lowest BCUT2D eigenvalue weighted by atomic mass is 9.70. The van der Waals surface area contributed by atoms with Crippen molar-refractivity contribution in [2.45, 2.75) is 53.6 Å². The number of aliphatic hydroxyl groups is 1. The van der Waals surface area contributed by atoms with Crippen LogP contribution in [-0.4, -0.2) is 17.5 Å². The highest BCUT2D eigenvalue weighted by atomic mass is 16.3. The molecular weight excluding hydrogens is 272 g/mol. The summed E-state index contributed by atoms with van der Waals surface area (Å²) in [5.41, 5.74) is 4.46. The number of aldehydes is 1. The zero-order valence-electron chi connectivity index (χ0n) is 14.4. The number of carbonyl (C=O) groups excluding carboxylic acids is 1. The summed E-state index contributed by atoms with van der Waals surface area (Å²) in [6.45, 7) is 10.3. The van der Waals surface area contributed by atoms with Crippen molar-refractivity contribution in [3.05, 3.63) is 58.7 Å². The fourth-order valence-electron chi connectivity index (χ4n) is 2.72. The molecule has 0 aromatic carbocycles. The number of hydrogen-bond acceptors (Lipinski definition) is 2. The first-order chi connectivity index (χ1) is 10.3. The maximum absolute atomic E-state index is 10.3. The Hall–Kier alpha value is -1.67. The Labute approximate surface area is 134 Å². The summed E-state index contributed by atoms with van der Waals surface area (Å²) in [5.74, 6) is 0. The number of allylic oxidation sites excluding steroid dienone is 9. The summed E-state index contributed by atoms with van der Waals surface area (Å²) in [5, 5.41) is 10.2. The van der Waals surface area contributed by atoms with Crippen molar-refractivity contribution in [2.75, 3.05) is 0 Å². The summed E-state index contributed by atoms with van der Waals surface area (Å²) in [6, 6.07) is 0. The molecule has 0 amide bonds. The van der Waals surface area contributed by atoms with Crippen LogP contribution in [0.4, 0.5) is 0 Å². The molecule has 0 radical (unpaired) electrons. The molecule has 0 spiro atoms. The molecule has 1 atom stereocenters. The van der Waals surface area contributed by atoms with Gasteiger partial charge < -0.3 is 5.11 Å². The third-order valence-corrected chi connectivity index (χ3v) is 4.34. The lowest BCUT2D eigenvalue weighted by molar-refractivity contribution is -0.104. The van der Waals surface area contributed by atoms with Gasteiger partial charge in [-0.1, -0.05) is 55.4 Å². The Balaban J connectivity index is 2.86.